The van der Waals surface area contributed by atoms with Gasteiger partial charge in [0.25, 0.3) is 5.91 Å². The molecule has 0 bridgehead atoms. The third kappa shape index (κ3) is 2.42. The van der Waals surface area contributed by atoms with Crippen LogP contribution in [0.4, 0.5) is 0 Å². The molecule has 0 aliphatic carbocycles. The van der Waals surface area contributed by atoms with E-state index in [1.807, 2.05) is 24.3 Å². The van der Waals surface area contributed by atoms with Gasteiger partial charge in [0, 0.05) is 22.4 Å². The van der Waals surface area contributed by atoms with Gasteiger partial charge in [-0.1, -0.05) is 22.0 Å². The van der Waals surface area contributed by atoms with Gasteiger partial charge in [-0.3, -0.25) is 4.79 Å². The van der Waals surface area contributed by atoms with Crippen LogP contribution in [0.15, 0.2) is 28.7 Å². The molecule has 2 N–H and O–H groups in total. The normalized spacial score (nSPS) is 12.7. The van der Waals surface area contributed by atoms with E-state index in [0.717, 1.165) is 15.4 Å². The number of benzene rings is 1. The smallest absolute Gasteiger partial charge is 0.270 e. The minimum absolute atomic E-state index is 0.0476. The van der Waals surface area contributed by atoms with Crippen molar-refractivity contribution in [2.24, 2.45) is 0 Å². The van der Waals surface area contributed by atoms with Crippen molar-refractivity contribution in [2.45, 2.75) is 13.0 Å². The van der Waals surface area contributed by atoms with Gasteiger partial charge in [-0.25, -0.2) is 0 Å². The number of aromatic amines is 1. The number of aromatic nitrogens is 1. The number of carbonyl (C=O) groups excluding carboxylic acids is 1. The fraction of sp³-hybridized carbons (Fsp3) is 0.308. The fourth-order valence-corrected chi connectivity index (χ4v) is 2.09. The lowest BCUT2D eigenvalue weighted by atomic mass is 10.2. The Morgan fingerprint density at radius 1 is 1.50 bits per heavy atom. The second-order valence-corrected chi connectivity index (χ2v) is 5.28. The van der Waals surface area contributed by atoms with E-state index < -0.39 is 0 Å². The predicted molar refractivity (Wildman–Crippen MR) is 74.6 cm³/mol. The minimum Gasteiger partial charge on any atom is -0.394 e. The van der Waals surface area contributed by atoms with Crippen molar-refractivity contribution in [3.05, 3.63) is 34.4 Å². The summed E-state index contributed by atoms with van der Waals surface area (Å²) < 4.78 is 0.966. The van der Waals surface area contributed by atoms with Crippen LogP contribution in [0.5, 0.6) is 0 Å². The monoisotopic (exact) mass is 310 g/mol. The molecule has 96 valence electrons. The lowest BCUT2D eigenvalue weighted by Crippen LogP contribution is -2.37. The summed E-state index contributed by atoms with van der Waals surface area (Å²) in [7, 11) is 1.69. The number of amides is 1. The first-order valence-corrected chi connectivity index (χ1v) is 6.48. The molecule has 5 heteroatoms. The maximum absolute atomic E-state index is 12.2. The van der Waals surface area contributed by atoms with E-state index in [1.165, 1.54) is 4.90 Å². The third-order valence-corrected chi connectivity index (χ3v) is 3.55. The predicted octanol–water partition coefficient (Wildman–Crippen LogP) is 2.38. The lowest BCUT2D eigenvalue weighted by Gasteiger charge is -2.22. The fourth-order valence-electron chi connectivity index (χ4n) is 1.73. The molecule has 1 amide bonds. The van der Waals surface area contributed by atoms with Crippen molar-refractivity contribution in [1.29, 1.82) is 0 Å². The molecule has 2 rings (SSSR count). The quantitative estimate of drug-likeness (QED) is 0.914. The van der Waals surface area contributed by atoms with Crippen molar-refractivity contribution in [3.63, 3.8) is 0 Å². The van der Waals surface area contributed by atoms with Gasteiger partial charge >= 0.3 is 0 Å². The SMILES string of the molecule is CC(CO)N(C)C(=O)c1cc2ccc(Br)cc2[nH]1. The molecule has 0 aliphatic heterocycles. The van der Waals surface area contributed by atoms with E-state index in [4.69, 9.17) is 5.11 Å². The van der Waals surface area contributed by atoms with Gasteiger partial charge in [-0.15, -0.1) is 0 Å². The maximum atomic E-state index is 12.2. The Morgan fingerprint density at radius 2 is 2.22 bits per heavy atom. The minimum atomic E-state index is -0.198. The zero-order chi connectivity index (χ0) is 13.3. The van der Waals surface area contributed by atoms with Gasteiger partial charge in [-0.2, -0.15) is 0 Å². The first-order chi connectivity index (χ1) is 8.52. The largest absolute Gasteiger partial charge is 0.394 e. The number of rotatable bonds is 3. The highest BCUT2D eigenvalue weighted by Gasteiger charge is 2.18. The van der Waals surface area contributed by atoms with E-state index >= 15 is 0 Å². The maximum Gasteiger partial charge on any atom is 0.270 e. The molecule has 1 unspecified atom stereocenters. The number of aliphatic hydroxyl groups is 1. The summed E-state index contributed by atoms with van der Waals surface area (Å²) in [6.45, 7) is 1.76. The van der Waals surface area contributed by atoms with Crippen LogP contribution in [-0.4, -0.2) is 40.6 Å². The number of carbonyl (C=O) groups is 1. The first-order valence-electron chi connectivity index (χ1n) is 5.69. The van der Waals surface area contributed by atoms with Crippen molar-refractivity contribution in [1.82, 2.24) is 9.88 Å². The van der Waals surface area contributed by atoms with E-state index in [0.29, 0.717) is 5.69 Å². The number of aliphatic hydroxyl groups excluding tert-OH is 1. The van der Waals surface area contributed by atoms with Crippen molar-refractivity contribution < 1.29 is 9.90 Å². The van der Waals surface area contributed by atoms with Crippen LogP contribution in [0.3, 0.4) is 0 Å². The Kier molecular flexibility index (Phi) is 3.73. The highest BCUT2D eigenvalue weighted by Crippen LogP contribution is 2.21. The van der Waals surface area contributed by atoms with Crippen molar-refractivity contribution in [2.75, 3.05) is 13.7 Å². The van der Waals surface area contributed by atoms with E-state index in [1.54, 1.807) is 14.0 Å². The molecule has 0 spiro atoms. The summed E-state index contributed by atoms with van der Waals surface area (Å²) in [6.07, 6.45) is 0. The van der Waals surface area contributed by atoms with Crippen LogP contribution in [0, 0.1) is 0 Å². The van der Waals surface area contributed by atoms with Crippen molar-refractivity contribution >= 4 is 32.7 Å². The van der Waals surface area contributed by atoms with Crippen LogP contribution in [0.2, 0.25) is 0 Å². The zero-order valence-corrected chi connectivity index (χ0v) is 11.9. The number of hydrogen-bond donors (Lipinski definition) is 2. The van der Waals surface area contributed by atoms with Crippen LogP contribution >= 0.6 is 15.9 Å². The number of H-pyrrole nitrogens is 1. The number of nitrogens with zero attached hydrogens (tertiary/aromatic N) is 1. The molecule has 18 heavy (non-hydrogen) atoms. The topological polar surface area (TPSA) is 56.3 Å². The van der Waals surface area contributed by atoms with Gasteiger partial charge in [0.05, 0.1) is 12.6 Å². The Bertz CT molecular complexity index is 579. The zero-order valence-electron chi connectivity index (χ0n) is 10.3. The average molecular weight is 311 g/mol. The van der Waals surface area contributed by atoms with Gasteiger partial charge in [0.15, 0.2) is 0 Å². The van der Waals surface area contributed by atoms with Crippen LogP contribution in [-0.2, 0) is 0 Å². The molecule has 0 aliphatic rings. The number of halogens is 1. The second kappa shape index (κ2) is 5.12. The molecule has 0 radical (unpaired) electrons. The molecule has 0 saturated heterocycles. The Balaban J connectivity index is 2.33. The Hall–Kier alpha value is -1.33. The molecule has 1 aromatic carbocycles. The van der Waals surface area contributed by atoms with Gasteiger partial charge in [-0.05, 0) is 25.1 Å². The molecule has 2 aromatic rings. The van der Waals surface area contributed by atoms with Crippen molar-refractivity contribution in [3.8, 4) is 0 Å². The average Bonchev–Trinajstić information content (AvgIpc) is 2.78. The molecule has 1 aromatic heterocycles. The highest BCUT2D eigenvalue weighted by molar-refractivity contribution is 9.10. The van der Waals surface area contributed by atoms with E-state index in [9.17, 15) is 4.79 Å². The summed E-state index contributed by atoms with van der Waals surface area (Å²) in [6, 6.07) is 7.44. The summed E-state index contributed by atoms with van der Waals surface area (Å²) >= 11 is 3.39. The second-order valence-electron chi connectivity index (χ2n) is 4.36. The van der Waals surface area contributed by atoms with E-state index in [-0.39, 0.29) is 18.6 Å². The third-order valence-electron chi connectivity index (χ3n) is 3.06. The number of fused-ring (bicyclic) bond motifs is 1. The summed E-state index contributed by atoms with van der Waals surface area (Å²) in [5.41, 5.74) is 1.45. The summed E-state index contributed by atoms with van der Waals surface area (Å²) in [4.78, 5) is 16.8. The molecule has 0 fully saturated rings. The summed E-state index contributed by atoms with van der Waals surface area (Å²) in [5, 5.41) is 10.1. The Labute approximate surface area is 114 Å². The van der Waals surface area contributed by atoms with Gasteiger partial charge in [0.1, 0.15) is 5.69 Å². The molecule has 4 nitrogen and oxygen atoms in total. The van der Waals surface area contributed by atoms with Gasteiger partial charge < -0.3 is 15.0 Å². The molecule has 1 heterocycles. The highest BCUT2D eigenvalue weighted by atomic mass is 79.9. The van der Waals surface area contributed by atoms with E-state index in [2.05, 4.69) is 20.9 Å². The lowest BCUT2D eigenvalue weighted by molar-refractivity contribution is 0.0677. The molecular weight excluding hydrogens is 296 g/mol. The van der Waals surface area contributed by atoms with Crippen LogP contribution in [0.25, 0.3) is 10.9 Å². The molecule has 1 atom stereocenters. The molecule has 0 saturated carbocycles. The first kappa shape index (κ1) is 13.1. The molecular formula is C13H15BrN2O2. The summed E-state index contributed by atoms with van der Waals surface area (Å²) in [5.74, 6) is -0.121. The number of hydrogen-bond acceptors (Lipinski definition) is 2. The van der Waals surface area contributed by atoms with Crippen LogP contribution in [0.1, 0.15) is 17.4 Å². The van der Waals surface area contributed by atoms with Gasteiger partial charge in [0.2, 0.25) is 0 Å². The number of likely N-dealkylation sites (N-methyl/N-ethyl adjacent to an activating group) is 1. The van der Waals surface area contributed by atoms with Crippen LogP contribution < -0.4 is 0 Å². The number of nitrogens with one attached hydrogen (secondary N) is 1. The Morgan fingerprint density at radius 3 is 2.89 bits per heavy atom. The standard InChI is InChI=1S/C13H15BrN2O2/c1-8(7-17)16(2)13(18)12-5-9-3-4-10(14)6-11(9)15-12/h3-6,8,15,17H,7H2,1-2H3.